The van der Waals surface area contributed by atoms with E-state index in [9.17, 15) is 4.79 Å². The average molecular weight is 372 g/mol. The zero-order valence-electron chi connectivity index (χ0n) is 12.5. The van der Waals surface area contributed by atoms with Crippen molar-refractivity contribution >= 4 is 33.6 Å². The van der Waals surface area contributed by atoms with Crippen LogP contribution in [0.2, 0.25) is 0 Å². The maximum absolute atomic E-state index is 12.0. The van der Waals surface area contributed by atoms with Gasteiger partial charge in [-0.25, -0.2) is 0 Å². The average Bonchev–Trinajstić information content (AvgIpc) is 2.49. The molecule has 1 aromatic carbocycles. The highest BCUT2D eigenvalue weighted by Gasteiger charge is 2.22. The van der Waals surface area contributed by atoms with E-state index < -0.39 is 0 Å². The number of carbonyl (C=O) groups excluding carboxylic acids is 1. The summed E-state index contributed by atoms with van der Waals surface area (Å²) in [5.74, 6) is 0.663. The smallest absolute Gasteiger partial charge is 0.230 e. The molecule has 0 spiro atoms. The number of amides is 1. The first-order valence-electron chi connectivity index (χ1n) is 7.68. The summed E-state index contributed by atoms with van der Waals surface area (Å²) in [6.07, 6.45) is 3.48. The van der Waals surface area contributed by atoms with Crippen molar-refractivity contribution in [3.63, 3.8) is 0 Å². The van der Waals surface area contributed by atoms with Crippen LogP contribution in [0.15, 0.2) is 33.6 Å². The van der Waals surface area contributed by atoms with Crippen LogP contribution in [-0.4, -0.2) is 37.3 Å². The molecule has 0 atom stereocenters. The van der Waals surface area contributed by atoms with Crippen molar-refractivity contribution in [2.45, 2.75) is 37.1 Å². The molecule has 0 saturated carbocycles. The van der Waals surface area contributed by atoms with E-state index in [4.69, 9.17) is 0 Å². The van der Waals surface area contributed by atoms with E-state index in [2.05, 4.69) is 28.2 Å². The summed E-state index contributed by atoms with van der Waals surface area (Å²) in [4.78, 5) is 14.8. The highest BCUT2D eigenvalue weighted by Crippen LogP contribution is 2.20. The lowest BCUT2D eigenvalue weighted by Gasteiger charge is -2.29. The monoisotopic (exact) mass is 371 g/mol. The number of nitrogens with one attached hydrogen (secondary N) is 2. The lowest BCUT2D eigenvalue weighted by molar-refractivity contribution is -0.905. The predicted octanol–water partition coefficient (Wildman–Crippen LogP) is 2.11. The molecule has 1 saturated heterocycles. The Morgan fingerprint density at radius 1 is 1.33 bits per heavy atom. The number of hydrogen-bond donors (Lipinski definition) is 2. The normalized spacial score (nSPS) is 22.0. The number of quaternary nitrogens is 1. The lowest BCUT2D eigenvalue weighted by Crippen LogP contribution is -3.13. The fraction of sp³-hybridized carbons (Fsp3) is 0.562. The van der Waals surface area contributed by atoms with Gasteiger partial charge in [-0.05, 0) is 30.7 Å². The second-order valence-electron chi connectivity index (χ2n) is 5.58. The first kappa shape index (κ1) is 16.8. The molecule has 1 aliphatic heterocycles. The lowest BCUT2D eigenvalue weighted by atomic mass is 10.1. The molecule has 116 valence electrons. The second-order valence-corrected chi connectivity index (χ2v) is 7.55. The first-order valence-corrected chi connectivity index (χ1v) is 9.46. The number of hydrogen-bond acceptors (Lipinski definition) is 2. The highest BCUT2D eigenvalue weighted by molar-refractivity contribution is 9.10. The summed E-state index contributed by atoms with van der Waals surface area (Å²) in [6.45, 7) is 5.89. The van der Waals surface area contributed by atoms with Gasteiger partial charge in [0.2, 0.25) is 5.91 Å². The molecule has 1 aliphatic rings. The number of likely N-dealkylation sites (tertiary alicyclic amines) is 1. The van der Waals surface area contributed by atoms with E-state index in [1.165, 1.54) is 26.1 Å². The summed E-state index contributed by atoms with van der Waals surface area (Å²) in [6, 6.07) is 8.46. The Balaban J connectivity index is 1.67. The number of rotatable bonds is 6. The van der Waals surface area contributed by atoms with Crippen molar-refractivity contribution in [3.05, 3.63) is 28.7 Å². The summed E-state index contributed by atoms with van der Waals surface area (Å²) in [5, 5.41) is 3.18. The third kappa shape index (κ3) is 6.01. The molecule has 0 unspecified atom stereocenters. The summed E-state index contributed by atoms with van der Waals surface area (Å²) in [7, 11) is 0. The Morgan fingerprint density at radius 3 is 2.62 bits per heavy atom. The molecule has 0 aliphatic carbocycles. The van der Waals surface area contributed by atoms with Gasteiger partial charge in [-0.15, -0.1) is 11.8 Å². The minimum Gasteiger partial charge on any atom is -0.352 e. The molecule has 0 aromatic heterocycles. The second kappa shape index (κ2) is 8.81. The number of halogens is 1. The van der Waals surface area contributed by atoms with Crippen LogP contribution >= 0.6 is 27.7 Å². The molecule has 5 heteroatoms. The molecule has 1 amide bonds. The molecule has 1 fully saturated rings. The van der Waals surface area contributed by atoms with Gasteiger partial charge < -0.3 is 10.2 Å². The van der Waals surface area contributed by atoms with E-state index >= 15 is 0 Å². The van der Waals surface area contributed by atoms with E-state index in [0.29, 0.717) is 11.8 Å². The number of benzene rings is 1. The standard InChI is InChI=1S/C16H23BrN2OS/c1-2-9-19-10-7-14(8-11-19)18-16(20)12-21-15-5-3-13(17)4-6-15/h3-6,14H,2,7-12H2,1H3,(H,18,20)/p+1. The first-order chi connectivity index (χ1) is 10.2. The van der Waals surface area contributed by atoms with Crippen molar-refractivity contribution in [1.29, 1.82) is 0 Å². The van der Waals surface area contributed by atoms with E-state index in [1.807, 2.05) is 24.3 Å². The van der Waals surface area contributed by atoms with Crippen molar-refractivity contribution in [3.8, 4) is 0 Å². The number of piperidine rings is 1. The minimum absolute atomic E-state index is 0.159. The molecule has 2 N–H and O–H groups in total. The van der Waals surface area contributed by atoms with Gasteiger partial charge >= 0.3 is 0 Å². The van der Waals surface area contributed by atoms with Gasteiger partial charge in [-0.3, -0.25) is 4.79 Å². The third-order valence-electron chi connectivity index (χ3n) is 3.84. The van der Waals surface area contributed by atoms with Crippen molar-refractivity contribution in [2.24, 2.45) is 0 Å². The van der Waals surface area contributed by atoms with E-state index in [1.54, 1.807) is 16.7 Å². The van der Waals surface area contributed by atoms with Crippen LogP contribution in [-0.2, 0) is 4.79 Å². The molecule has 2 rings (SSSR count). The molecular formula is C16H24BrN2OS+. The quantitative estimate of drug-likeness (QED) is 0.750. The van der Waals surface area contributed by atoms with E-state index in [-0.39, 0.29) is 5.91 Å². The highest BCUT2D eigenvalue weighted by atomic mass is 79.9. The third-order valence-corrected chi connectivity index (χ3v) is 5.39. The van der Waals surface area contributed by atoms with Crippen LogP contribution < -0.4 is 10.2 Å². The molecule has 3 nitrogen and oxygen atoms in total. The summed E-state index contributed by atoms with van der Waals surface area (Å²) < 4.78 is 1.07. The van der Waals surface area contributed by atoms with Gasteiger partial charge in [0.25, 0.3) is 0 Å². The molecule has 1 heterocycles. The molecule has 0 bridgehead atoms. The summed E-state index contributed by atoms with van der Waals surface area (Å²) in [5.41, 5.74) is 0. The molecular weight excluding hydrogens is 348 g/mol. The van der Waals surface area contributed by atoms with Crippen molar-refractivity contribution in [2.75, 3.05) is 25.4 Å². The van der Waals surface area contributed by atoms with Gasteiger partial charge in [-0.2, -0.15) is 0 Å². The van der Waals surface area contributed by atoms with Crippen LogP contribution in [0.4, 0.5) is 0 Å². The SMILES string of the molecule is CCC[NH+]1CCC(NC(=O)CSc2ccc(Br)cc2)CC1. The van der Waals surface area contributed by atoms with Crippen LogP contribution in [0.25, 0.3) is 0 Å². The van der Waals surface area contributed by atoms with Gasteiger partial charge in [-0.1, -0.05) is 22.9 Å². The van der Waals surface area contributed by atoms with Crippen molar-refractivity contribution < 1.29 is 9.69 Å². The molecule has 0 radical (unpaired) electrons. The Morgan fingerprint density at radius 2 is 2.00 bits per heavy atom. The van der Waals surface area contributed by atoms with Gasteiger partial charge in [0.05, 0.1) is 25.4 Å². The molecule has 1 aromatic rings. The summed E-state index contributed by atoms with van der Waals surface area (Å²) >= 11 is 5.01. The minimum atomic E-state index is 0.159. The van der Waals surface area contributed by atoms with Crippen LogP contribution in [0.1, 0.15) is 26.2 Å². The van der Waals surface area contributed by atoms with Crippen LogP contribution in [0.3, 0.4) is 0 Å². The maximum atomic E-state index is 12.0. The number of carbonyl (C=O) groups is 1. The van der Waals surface area contributed by atoms with Crippen molar-refractivity contribution in [1.82, 2.24) is 5.32 Å². The van der Waals surface area contributed by atoms with Crippen LogP contribution in [0, 0.1) is 0 Å². The topological polar surface area (TPSA) is 33.5 Å². The van der Waals surface area contributed by atoms with Gasteiger partial charge in [0, 0.05) is 28.3 Å². The number of thioether (sulfide) groups is 1. The van der Waals surface area contributed by atoms with E-state index in [0.717, 1.165) is 22.2 Å². The van der Waals surface area contributed by atoms with Crippen LogP contribution in [0.5, 0.6) is 0 Å². The fourth-order valence-electron chi connectivity index (χ4n) is 2.72. The Hall–Kier alpha value is -0.520. The molecule has 21 heavy (non-hydrogen) atoms. The van der Waals surface area contributed by atoms with Gasteiger partial charge in [0.15, 0.2) is 0 Å². The Labute approximate surface area is 140 Å². The predicted molar refractivity (Wildman–Crippen MR) is 91.9 cm³/mol. The zero-order valence-corrected chi connectivity index (χ0v) is 14.9. The Bertz CT molecular complexity index is 444. The maximum Gasteiger partial charge on any atom is 0.230 e. The largest absolute Gasteiger partial charge is 0.352 e. The zero-order chi connectivity index (χ0) is 15.1. The fourth-order valence-corrected chi connectivity index (χ4v) is 3.70. The van der Waals surface area contributed by atoms with Gasteiger partial charge in [0.1, 0.15) is 0 Å². The Kier molecular flexibility index (Phi) is 7.07.